The van der Waals surface area contributed by atoms with Crippen molar-refractivity contribution in [3.63, 3.8) is 0 Å². The maximum absolute atomic E-state index is 11.2. The zero-order valence-electron chi connectivity index (χ0n) is 10.8. The Labute approximate surface area is 107 Å². The molecule has 0 amide bonds. The molecule has 1 saturated carbocycles. The molecule has 98 valence electrons. The number of carbonyl (C=O) groups is 1. The lowest BCUT2D eigenvalue weighted by molar-refractivity contribution is -0.148. The van der Waals surface area contributed by atoms with Gasteiger partial charge in [-0.25, -0.2) is 0 Å². The van der Waals surface area contributed by atoms with Crippen LogP contribution in [0.5, 0.6) is 0 Å². The van der Waals surface area contributed by atoms with Crippen LogP contribution >= 0.6 is 0 Å². The summed E-state index contributed by atoms with van der Waals surface area (Å²) in [7, 11) is 0. The number of carboxylic acids is 1. The molecule has 3 heteroatoms. The molecule has 2 N–H and O–H groups in total. The van der Waals surface area contributed by atoms with Crippen molar-refractivity contribution in [1.29, 1.82) is 0 Å². The minimum atomic E-state index is -0.936. The molecule has 2 rings (SSSR count). The van der Waals surface area contributed by atoms with Crippen LogP contribution in [0.2, 0.25) is 0 Å². The Balaban J connectivity index is 2.23. The highest BCUT2D eigenvalue weighted by Crippen LogP contribution is 2.41. The molecule has 1 aliphatic carbocycles. The van der Waals surface area contributed by atoms with E-state index < -0.39 is 18.0 Å². The van der Waals surface area contributed by atoms with Crippen molar-refractivity contribution in [2.24, 2.45) is 11.8 Å². The minimum absolute atomic E-state index is 0.0953. The highest BCUT2D eigenvalue weighted by atomic mass is 16.4. The third kappa shape index (κ3) is 2.72. The van der Waals surface area contributed by atoms with Gasteiger partial charge in [0.2, 0.25) is 0 Å². The van der Waals surface area contributed by atoms with E-state index in [0.29, 0.717) is 5.92 Å². The van der Waals surface area contributed by atoms with E-state index in [2.05, 4.69) is 6.07 Å². The standard InChI is InChI=1S/C15H20O3/c1-9(2)13(15(17)18)14(16)12-5-3-4-11(8-12)10-6-7-10/h3-5,8-10,13-14,16H,6-7H2,1-2H3,(H,17,18). The number of hydrogen-bond donors (Lipinski definition) is 2. The van der Waals surface area contributed by atoms with E-state index in [9.17, 15) is 15.0 Å². The van der Waals surface area contributed by atoms with Gasteiger partial charge in [-0.05, 0) is 35.8 Å². The highest BCUT2D eigenvalue weighted by Gasteiger charge is 2.31. The molecule has 2 unspecified atom stereocenters. The molecule has 0 saturated heterocycles. The average molecular weight is 248 g/mol. The van der Waals surface area contributed by atoms with Crippen molar-refractivity contribution in [2.75, 3.05) is 0 Å². The second-order valence-corrected chi connectivity index (χ2v) is 5.50. The Bertz CT molecular complexity index is 435. The molecular formula is C15H20O3. The van der Waals surface area contributed by atoms with Gasteiger partial charge in [-0.3, -0.25) is 4.79 Å². The molecule has 1 aromatic carbocycles. The van der Waals surface area contributed by atoms with Crippen molar-refractivity contribution in [3.05, 3.63) is 35.4 Å². The van der Waals surface area contributed by atoms with E-state index in [0.717, 1.165) is 5.56 Å². The number of rotatable bonds is 5. The molecule has 1 aromatic rings. The van der Waals surface area contributed by atoms with Gasteiger partial charge in [0.25, 0.3) is 0 Å². The average Bonchev–Trinajstić information content (AvgIpc) is 3.12. The van der Waals surface area contributed by atoms with Crippen molar-refractivity contribution >= 4 is 5.97 Å². The lowest BCUT2D eigenvalue weighted by Crippen LogP contribution is -2.27. The molecular weight excluding hydrogens is 228 g/mol. The third-order valence-corrected chi connectivity index (χ3v) is 3.64. The summed E-state index contributed by atoms with van der Waals surface area (Å²) in [4.78, 5) is 11.2. The lowest BCUT2D eigenvalue weighted by atomic mass is 9.86. The van der Waals surface area contributed by atoms with Crippen LogP contribution < -0.4 is 0 Å². The summed E-state index contributed by atoms with van der Waals surface area (Å²) in [5.74, 6) is -1.17. The SMILES string of the molecule is CC(C)C(C(=O)O)C(O)c1cccc(C2CC2)c1. The third-order valence-electron chi connectivity index (χ3n) is 3.64. The van der Waals surface area contributed by atoms with Crippen LogP contribution in [0.1, 0.15) is 49.8 Å². The molecule has 1 aliphatic rings. The predicted octanol–water partition coefficient (Wildman–Crippen LogP) is 2.95. The largest absolute Gasteiger partial charge is 0.481 e. The van der Waals surface area contributed by atoms with Gasteiger partial charge in [-0.15, -0.1) is 0 Å². The zero-order valence-corrected chi connectivity index (χ0v) is 10.8. The summed E-state index contributed by atoms with van der Waals surface area (Å²) in [6.07, 6.45) is 1.47. The number of carboxylic acid groups (broad SMARTS) is 1. The van der Waals surface area contributed by atoms with Crippen LogP contribution in [0.3, 0.4) is 0 Å². The fourth-order valence-electron chi connectivity index (χ4n) is 2.41. The van der Waals surface area contributed by atoms with Gasteiger partial charge in [0.15, 0.2) is 0 Å². The summed E-state index contributed by atoms with van der Waals surface area (Å²) in [6, 6.07) is 7.74. The van der Waals surface area contributed by atoms with Gasteiger partial charge in [0, 0.05) is 0 Å². The maximum Gasteiger partial charge on any atom is 0.309 e. The van der Waals surface area contributed by atoms with E-state index in [4.69, 9.17) is 0 Å². The first-order chi connectivity index (χ1) is 8.50. The Morgan fingerprint density at radius 2 is 2.00 bits per heavy atom. The molecule has 2 atom stereocenters. The molecule has 0 heterocycles. The predicted molar refractivity (Wildman–Crippen MR) is 69.3 cm³/mol. The second kappa shape index (κ2) is 5.11. The van der Waals surface area contributed by atoms with Crippen LogP contribution in [0, 0.1) is 11.8 Å². The van der Waals surface area contributed by atoms with Gasteiger partial charge < -0.3 is 10.2 Å². The minimum Gasteiger partial charge on any atom is -0.481 e. The topological polar surface area (TPSA) is 57.5 Å². The summed E-state index contributed by atoms with van der Waals surface area (Å²) in [5.41, 5.74) is 1.94. The molecule has 0 aliphatic heterocycles. The van der Waals surface area contributed by atoms with Crippen molar-refractivity contribution in [3.8, 4) is 0 Å². The molecule has 1 fully saturated rings. The smallest absolute Gasteiger partial charge is 0.309 e. The Kier molecular flexibility index (Phi) is 3.71. The van der Waals surface area contributed by atoms with E-state index in [-0.39, 0.29) is 5.92 Å². The van der Waals surface area contributed by atoms with Crippen LogP contribution in [0.15, 0.2) is 24.3 Å². The second-order valence-electron chi connectivity index (χ2n) is 5.50. The fraction of sp³-hybridized carbons (Fsp3) is 0.533. The number of aliphatic hydroxyl groups is 1. The van der Waals surface area contributed by atoms with Crippen LogP contribution in [0.25, 0.3) is 0 Å². The Morgan fingerprint density at radius 1 is 1.33 bits per heavy atom. The zero-order chi connectivity index (χ0) is 13.3. The Morgan fingerprint density at radius 3 is 2.50 bits per heavy atom. The van der Waals surface area contributed by atoms with Crippen molar-refractivity contribution in [1.82, 2.24) is 0 Å². The monoisotopic (exact) mass is 248 g/mol. The summed E-state index contributed by atoms with van der Waals surface area (Å²) in [5, 5.41) is 19.5. The highest BCUT2D eigenvalue weighted by molar-refractivity contribution is 5.71. The Hall–Kier alpha value is -1.35. The summed E-state index contributed by atoms with van der Waals surface area (Å²) >= 11 is 0. The normalized spacial score (nSPS) is 18.7. The number of aliphatic hydroxyl groups excluding tert-OH is 1. The number of aliphatic carboxylic acids is 1. The fourth-order valence-corrected chi connectivity index (χ4v) is 2.41. The maximum atomic E-state index is 11.2. The van der Waals surface area contributed by atoms with Crippen molar-refractivity contribution in [2.45, 2.75) is 38.7 Å². The molecule has 0 aromatic heterocycles. The number of benzene rings is 1. The molecule has 0 radical (unpaired) electrons. The molecule has 3 nitrogen and oxygen atoms in total. The van der Waals surface area contributed by atoms with Gasteiger partial charge in [0.1, 0.15) is 0 Å². The summed E-state index contributed by atoms with van der Waals surface area (Å²) < 4.78 is 0. The number of hydrogen-bond acceptors (Lipinski definition) is 2. The van der Waals surface area contributed by atoms with Crippen LogP contribution in [-0.2, 0) is 4.79 Å². The van der Waals surface area contributed by atoms with E-state index in [1.165, 1.54) is 18.4 Å². The van der Waals surface area contributed by atoms with E-state index in [1.54, 1.807) is 0 Å². The van der Waals surface area contributed by atoms with Gasteiger partial charge in [-0.2, -0.15) is 0 Å². The first kappa shape index (κ1) is 13.1. The molecule has 18 heavy (non-hydrogen) atoms. The molecule has 0 bridgehead atoms. The van der Waals surface area contributed by atoms with Crippen LogP contribution in [0.4, 0.5) is 0 Å². The van der Waals surface area contributed by atoms with E-state index in [1.807, 2.05) is 32.0 Å². The quantitative estimate of drug-likeness (QED) is 0.842. The van der Waals surface area contributed by atoms with Crippen LogP contribution in [-0.4, -0.2) is 16.2 Å². The van der Waals surface area contributed by atoms with Gasteiger partial charge >= 0.3 is 5.97 Å². The lowest BCUT2D eigenvalue weighted by Gasteiger charge is -2.23. The summed E-state index contributed by atoms with van der Waals surface area (Å²) in [6.45, 7) is 3.65. The van der Waals surface area contributed by atoms with E-state index >= 15 is 0 Å². The van der Waals surface area contributed by atoms with Gasteiger partial charge in [0.05, 0.1) is 12.0 Å². The molecule has 0 spiro atoms. The van der Waals surface area contributed by atoms with Crippen molar-refractivity contribution < 1.29 is 15.0 Å². The first-order valence-electron chi connectivity index (χ1n) is 6.51. The van der Waals surface area contributed by atoms with Gasteiger partial charge in [-0.1, -0.05) is 38.1 Å². The first-order valence-corrected chi connectivity index (χ1v) is 6.51.